The summed E-state index contributed by atoms with van der Waals surface area (Å²) in [6.45, 7) is 0. The summed E-state index contributed by atoms with van der Waals surface area (Å²) < 4.78 is 18.4. The molecule has 3 rings (SSSR count). The number of methoxy groups -OCH3 is 1. The predicted molar refractivity (Wildman–Crippen MR) is 69.5 cm³/mol. The molecule has 0 amide bonds. The Balaban J connectivity index is 1.88. The minimum Gasteiger partial charge on any atom is -0.497 e. The lowest BCUT2D eigenvalue weighted by atomic mass is 10.0. The van der Waals surface area contributed by atoms with Crippen LogP contribution in [0.4, 0.5) is 10.1 Å². The molecule has 0 saturated carbocycles. The molecule has 1 atom stereocenters. The maximum atomic E-state index is 13.2. The van der Waals surface area contributed by atoms with Crippen molar-refractivity contribution >= 4 is 5.69 Å². The van der Waals surface area contributed by atoms with Gasteiger partial charge in [0.1, 0.15) is 11.6 Å². The molecule has 0 saturated heterocycles. The van der Waals surface area contributed by atoms with Crippen LogP contribution in [0.25, 0.3) is 0 Å². The number of anilines is 1. The minimum atomic E-state index is -0.179. The molecule has 0 bridgehead atoms. The molecular formula is C15H14FNO. The van der Waals surface area contributed by atoms with Crippen LogP contribution >= 0.6 is 0 Å². The third-order valence-electron chi connectivity index (χ3n) is 3.32. The lowest BCUT2D eigenvalue weighted by Gasteiger charge is -2.12. The molecule has 1 aliphatic heterocycles. The van der Waals surface area contributed by atoms with Crippen LogP contribution in [0.5, 0.6) is 5.75 Å². The molecule has 2 aromatic rings. The molecule has 0 fully saturated rings. The van der Waals surface area contributed by atoms with E-state index in [1.807, 2.05) is 18.2 Å². The van der Waals surface area contributed by atoms with Crippen LogP contribution < -0.4 is 10.1 Å². The topological polar surface area (TPSA) is 21.3 Å². The van der Waals surface area contributed by atoms with E-state index in [4.69, 9.17) is 4.74 Å². The number of benzene rings is 2. The number of hydrogen-bond donors (Lipinski definition) is 1. The van der Waals surface area contributed by atoms with Crippen molar-refractivity contribution in [3.8, 4) is 5.75 Å². The molecule has 1 aliphatic rings. The van der Waals surface area contributed by atoms with Gasteiger partial charge in [0.25, 0.3) is 0 Å². The molecule has 2 aromatic carbocycles. The van der Waals surface area contributed by atoms with Gasteiger partial charge in [0.05, 0.1) is 13.2 Å². The second-order valence-electron chi connectivity index (χ2n) is 4.48. The summed E-state index contributed by atoms with van der Waals surface area (Å²) in [5.74, 6) is 0.665. The Hall–Kier alpha value is -2.03. The molecule has 0 aromatic heterocycles. The van der Waals surface area contributed by atoms with Crippen molar-refractivity contribution in [3.05, 3.63) is 59.4 Å². The summed E-state index contributed by atoms with van der Waals surface area (Å²) in [6.07, 6.45) is 0.806. The van der Waals surface area contributed by atoms with Gasteiger partial charge in [0.15, 0.2) is 0 Å². The van der Waals surface area contributed by atoms with Crippen molar-refractivity contribution < 1.29 is 9.13 Å². The first-order chi connectivity index (χ1) is 8.76. The highest BCUT2D eigenvalue weighted by Crippen LogP contribution is 2.35. The van der Waals surface area contributed by atoms with E-state index in [0.717, 1.165) is 29.0 Å². The van der Waals surface area contributed by atoms with Crippen molar-refractivity contribution in [2.75, 3.05) is 12.4 Å². The predicted octanol–water partition coefficient (Wildman–Crippen LogP) is 3.54. The van der Waals surface area contributed by atoms with Gasteiger partial charge >= 0.3 is 0 Å². The van der Waals surface area contributed by atoms with E-state index in [2.05, 4.69) is 11.4 Å². The Morgan fingerprint density at radius 2 is 2.11 bits per heavy atom. The first-order valence-corrected chi connectivity index (χ1v) is 5.95. The highest BCUT2D eigenvalue weighted by molar-refractivity contribution is 5.58. The Morgan fingerprint density at radius 1 is 1.22 bits per heavy atom. The molecule has 0 radical (unpaired) electrons. The van der Waals surface area contributed by atoms with Crippen LogP contribution in [0.1, 0.15) is 17.2 Å². The lowest BCUT2D eigenvalue weighted by Crippen LogP contribution is -2.05. The number of hydrogen-bond acceptors (Lipinski definition) is 2. The summed E-state index contributed by atoms with van der Waals surface area (Å²) in [7, 11) is 1.66. The summed E-state index contributed by atoms with van der Waals surface area (Å²) in [5.41, 5.74) is 3.21. The molecule has 1 N–H and O–H groups in total. The van der Waals surface area contributed by atoms with Crippen LogP contribution in [0, 0.1) is 5.82 Å². The van der Waals surface area contributed by atoms with E-state index < -0.39 is 0 Å². The monoisotopic (exact) mass is 243 g/mol. The second kappa shape index (κ2) is 4.33. The average Bonchev–Trinajstić information content (AvgIpc) is 2.81. The van der Waals surface area contributed by atoms with Crippen LogP contribution in [-0.4, -0.2) is 7.11 Å². The van der Waals surface area contributed by atoms with Crippen molar-refractivity contribution in [1.82, 2.24) is 0 Å². The molecule has 1 unspecified atom stereocenters. The number of nitrogens with one attached hydrogen (secondary N) is 1. The van der Waals surface area contributed by atoms with Crippen LogP contribution in [0.3, 0.4) is 0 Å². The van der Waals surface area contributed by atoms with Gasteiger partial charge in [-0.05, 0) is 47.9 Å². The van der Waals surface area contributed by atoms with Crippen molar-refractivity contribution in [1.29, 1.82) is 0 Å². The lowest BCUT2D eigenvalue weighted by molar-refractivity contribution is 0.414. The highest BCUT2D eigenvalue weighted by atomic mass is 19.1. The molecule has 18 heavy (non-hydrogen) atoms. The van der Waals surface area contributed by atoms with E-state index in [-0.39, 0.29) is 11.9 Å². The van der Waals surface area contributed by atoms with E-state index in [1.54, 1.807) is 19.2 Å². The van der Waals surface area contributed by atoms with Crippen LogP contribution in [-0.2, 0) is 6.42 Å². The van der Waals surface area contributed by atoms with Gasteiger partial charge in [-0.15, -0.1) is 0 Å². The average molecular weight is 243 g/mol. The molecule has 2 nitrogen and oxygen atoms in total. The largest absolute Gasteiger partial charge is 0.497 e. The van der Waals surface area contributed by atoms with Gasteiger partial charge in [-0.3, -0.25) is 0 Å². The SMILES string of the molecule is COc1cccc(C2Cc3cc(F)ccc3N2)c1. The molecule has 0 aliphatic carbocycles. The zero-order valence-corrected chi connectivity index (χ0v) is 10.1. The molecule has 0 spiro atoms. The molecular weight excluding hydrogens is 229 g/mol. The van der Waals surface area contributed by atoms with Crippen molar-refractivity contribution in [3.63, 3.8) is 0 Å². The highest BCUT2D eigenvalue weighted by Gasteiger charge is 2.22. The second-order valence-corrected chi connectivity index (χ2v) is 4.48. The summed E-state index contributed by atoms with van der Waals surface area (Å²) >= 11 is 0. The van der Waals surface area contributed by atoms with Crippen LogP contribution in [0.2, 0.25) is 0 Å². The van der Waals surface area contributed by atoms with Gasteiger partial charge in [-0.2, -0.15) is 0 Å². The van der Waals surface area contributed by atoms with E-state index >= 15 is 0 Å². The van der Waals surface area contributed by atoms with Gasteiger partial charge in [-0.1, -0.05) is 12.1 Å². The summed E-state index contributed by atoms with van der Waals surface area (Å²) in [6, 6.07) is 13.0. The van der Waals surface area contributed by atoms with Crippen LogP contribution in [0.15, 0.2) is 42.5 Å². The zero-order chi connectivity index (χ0) is 12.5. The standard InChI is InChI=1S/C15H14FNO/c1-18-13-4-2-3-10(8-13)15-9-11-7-12(16)5-6-14(11)17-15/h2-8,15,17H,9H2,1H3. The van der Waals surface area contributed by atoms with E-state index in [9.17, 15) is 4.39 Å². The van der Waals surface area contributed by atoms with E-state index in [0.29, 0.717) is 0 Å². The number of fused-ring (bicyclic) bond motifs is 1. The smallest absolute Gasteiger partial charge is 0.123 e. The number of rotatable bonds is 2. The maximum absolute atomic E-state index is 13.2. The summed E-state index contributed by atoms with van der Waals surface area (Å²) in [4.78, 5) is 0. The zero-order valence-electron chi connectivity index (χ0n) is 10.1. The fraction of sp³-hybridized carbons (Fsp3) is 0.200. The molecule has 1 heterocycles. The maximum Gasteiger partial charge on any atom is 0.123 e. The third kappa shape index (κ3) is 1.92. The Labute approximate surface area is 105 Å². The van der Waals surface area contributed by atoms with Gasteiger partial charge < -0.3 is 10.1 Å². The van der Waals surface area contributed by atoms with Crippen molar-refractivity contribution in [2.24, 2.45) is 0 Å². The first kappa shape index (κ1) is 11.1. The van der Waals surface area contributed by atoms with Gasteiger partial charge in [0, 0.05) is 5.69 Å². The quantitative estimate of drug-likeness (QED) is 0.871. The minimum absolute atomic E-state index is 0.179. The van der Waals surface area contributed by atoms with Crippen molar-refractivity contribution in [2.45, 2.75) is 12.5 Å². The van der Waals surface area contributed by atoms with Gasteiger partial charge in [0.2, 0.25) is 0 Å². The number of ether oxygens (including phenoxy) is 1. The number of halogens is 1. The first-order valence-electron chi connectivity index (χ1n) is 5.95. The summed E-state index contributed by atoms with van der Waals surface area (Å²) in [5, 5.41) is 3.41. The Kier molecular flexibility index (Phi) is 2.67. The fourth-order valence-electron chi connectivity index (χ4n) is 2.39. The normalized spacial score (nSPS) is 17.1. The van der Waals surface area contributed by atoms with Gasteiger partial charge in [-0.25, -0.2) is 4.39 Å². The third-order valence-corrected chi connectivity index (χ3v) is 3.32. The Morgan fingerprint density at radius 3 is 2.94 bits per heavy atom. The Bertz CT molecular complexity index is 582. The molecule has 92 valence electrons. The van der Waals surface area contributed by atoms with E-state index in [1.165, 1.54) is 6.07 Å². The fourth-order valence-corrected chi connectivity index (χ4v) is 2.39. The molecule has 3 heteroatoms.